The molecule has 1 aliphatic rings. The van der Waals surface area contributed by atoms with E-state index in [1.807, 2.05) is 6.20 Å². The largest absolute Gasteiger partial charge is 0.396 e. The van der Waals surface area contributed by atoms with E-state index in [2.05, 4.69) is 15.0 Å². The van der Waals surface area contributed by atoms with E-state index >= 15 is 0 Å². The maximum atomic E-state index is 8.97. The first-order valence-corrected chi connectivity index (χ1v) is 5.54. The van der Waals surface area contributed by atoms with Crippen LogP contribution < -0.4 is 5.73 Å². The molecule has 6 nitrogen and oxygen atoms in total. The third kappa shape index (κ3) is 1.75. The van der Waals surface area contributed by atoms with Crippen molar-refractivity contribution in [3.8, 4) is 0 Å². The van der Waals surface area contributed by atoms with Gasteiger partial charge in [0.25, 0.3) is 0 Å². The number of nitrogen functional groups attached to an aromatic ring is 1. The lowest BCUT2D eigenvalue weighted by Gasteiger charge is -1.97. The zero-order valence-electron chi connectivity index (χ0n) is 8.84. The Bertz CT molecular complexity index is 620. The van der Waals surface area contributed by atoms with Gasteiger partial charge in [-0.05, 0) is 12.0 Å². The summed E-state index contributed by atoms with van der Waals surface area (Å²) in [6, 6.07) is 0. The monoisotopic (exact) mass is 251 g/mol. The lowest BCUT2D eigenvalue weighted by atomic mass is 10.4. The highest BCUT2D eigenvalue weighted by atomic mass is 35.5. The molecule has 1 atom stereocenters. The minimum Gasteiger partial charge on any atom is -0.396 e. The van der Waals surface area contributed by atoms with E-state index in [1.54, 1.807) is 10.9 Å². The van der Waals surface area contributed by atoms with Gasteiger partial charge in [0.1, 0.15) is 11.8 Å². The predicted octanol–water partition coefficient (Wildman–Crippen LogP) is 0.915. The van der Waals surface area contributed by atoms with Crippen LogP contribution in [0.1, 0.15) is 6.42 Å². The van der Waals surface area contributed by atoms with Gasteiger partial charge in [-0.25, -0.2) is 4.98 Å². The second-order valence-electron chi connectivity index (χ2n) is 3.98. The van der Waals surface area contributed by atoms with Crippen molar-refractivity contribution in [3.05, 3.63) is 17.1 Å². The molecule has 1 aliphatic carbocycles. The quantitative estimate of drug-likeness (QED) is 0.775. The first-order chi connectivity index (χ1) is 8.19. The van der Waals surface area contributed by atoms with Crippen molar-refractivity contribution < 1.29 is 5.11 Å². The Kier molecular flexibility index (Phi) is 2.27. The van der Waals surface area contributed by atoms with Crippen molar-refractivity contribution in [2.24, 2.45) is 5.92 Å². The SMILES string of the molecule is Nc1nc(Cl)c2ncn(/C=C3/CC3CO)c2n1. The number of aromatic nitrogens is 4. The average molecular weight is 252 g/mol. The normalized spacial score (nSPS) is 21.3. The molecule has 1 saturated carbocycles. The lowest BCUT2D eigenvalue weighted by molar-refractivity contribution is 0.281. The summed E-state index contributed by atoms with van der Waals surface area (Å²) >= 11 is 5.92. The van der Waals surface area contributed by atoms with E-state index in [4.69, 9.17) is 22.4 Å². The molecule has 17 heavy (non-hydrogen) atoms. The molecule has 0 aliphatic heterocycles. The zero-order chi connectivity index (χ0) is 12.0. The number of halogens is 1. The summed E-state index contributed by atoms with van der Waals surface area (Å²) in [5, 5.41) is 9.22. The molecule has 0 bridgehead atoms. The maximum Gasteiger partial charge on any atom is 0.223 e. The van der Waals surface area contributed by atoms with Crippen molar-refractivity contribution in [2.45, 2.75) is 6.42 Å². The van der Waals surface area contributed by atoms with Crippen LogP contribution in [0, 0.1) is 5.92 Å². The average Bonchev–Trinajstić information content (AvgIpc) is 2.92. The van der Waals surface area contributed by atoms with E-state index in [-0.39, 0.29) is 23.6 Å². The molecule has 3 rings (SSSR count). The molecule has 7 heteroatoms. The number of nitrogens with two attached hydrogens (primary N) is 1. The highest BCUT2D eigenvalue weighted by molar-refractivity contribution is 6.33. The van der Waals surface area contributed by atoms with Gasteiger partial charge in [-0.15, -0.1) is 0 Å². The van der Waals surface area contributed by atoms with Crippen LogP contribution in [0.3, 0.4) is 0 Å². The molecule has 1 fully saturated rings. The fourth-order valence-electron chi connectivity index (χ4n) is 1.74. The molecule has 0 spiro atoms. The van der Waals surface area contributed by atoms with Gasteiger partial charge in [-0.2, -0.15) is 9.97 Å². The van der Waals surface area contributed by atoms with Crippen LogP contribution in [0.4, 0.5) is 5.95 Å². The predicted molar refractivity (Wildman–Crippen MR) is 64.2 cm³/mol. The molecule has 2 aromatic rings. The van der Waals surface area contributed by atoms with Crippen LogP contribution >= 0.6 is 11.6 Å². The van der Waals surface area contributed by atoms with Crippen LogP contribution in [0.2, 0.25) is 5.15 Å². The lowest BCUT2D eigenvalue weighted by Crippen LogP contribution is -1.97. The van der Waals surface area contributed by atoms with Gasteiger partial charge in [0.2, 0.25) is 5.95 Å². The summed E-state index contributed by atoms with van der Waals surface area (Å²) in [7, 11) is 0. The molecule has 88 valence electrons. The molecule has 2 heterocycles. The van der Waals surface area contributed by atoms with Gasteiger partial charge in [0, 0.05) is 18.7 Å². The Morgan fingerprint density at radius 3 is 3.12 bits per heavy atom. The molecular weight excluding hydrogens is 242 g/mol. The van der Waals surface area contributed by atoms with Gasteiger partial charge >= 0.3 is 0 Å². The molecule has 3 N–H and O–H groups in total. The summed E-state index contributed by atoms with van der Waals surface area (Å²) in [5.74, 6) is 0.388. The first kappa shape index (κ1) is 10.5. The highest BCUT2D eigenvalue weighted by Gasteiger charge is 2.28. The second-order valence-corrected chi connectivity index (χ2v) is 4.34. The standard InChI is InChI=1S/C10H10ClN5O/c11-8-7-9(15-10(12)14-8)16(4-13-7)2-5-1-6(5)3-17/h2,4,6,17H,1,3H2,(H2,12,14,15)/b5-2-. The second kappa shape index (κ2) is 3.68. The summed E-state index contributed by atoms with van der Waals surface area (Å²) in [5.41, 5.74) is 7.82. The van der Waals surface area contributed by atoms with Gasteiger partial charge in [-0.1, -0.05) is 11.6 Å². The first-order valence-electron chi connectivity index (χ1n) is 5.16. The van der Waals surface area contributed by atoms with E-state index < -0.39 is 0 Å². The van der Waals surface area contributed by atoms with E-state index in [0.717, 1.165) is 6.42 Å². The van der Waals surface area contributed by atoms with Gasteiger partial charge in [0.15, 0.2) is 10.8 Å². The number of imidazole rings is 1. The van der Waals surface area contributed by atoms with Crippen molar-refractivity contribution in [1.29, 1.82) is 0 Å². The Balaban J connectivity index is 2.09. The number of hydrogen-bond acceptors (Lipinski definition) is 5. The van der Waals surface area contributed by atoms with Crippen molar-refractivity contribution in [3.63, 3.8) is 0 Å². The number of rotatable bonds is 2. The molecule has 0 amide bonds. The van der Waals surface area contributed by atoms with Gasteiger partial charge in [-0.3, -0.25) is 4.57 Å². The maximum absolute atomic E-state index is 8.97. The van der Waals surface area contributed by atoms with Crippen LogP contribution in [0.5, 0.6) is 0 Å². The van der Waals surface area contributed by atoms with Gasteiger partial charge < -0.3 is 10.8 Å². The molecule has 0 saturated heterocycles. The smallest absolute Gasteiger partial charge is 0.223 e. The summed E-state index contributed by atoms with van der Waals surface area (Å²) < 4.78 is 1.75. The van der Waals surface area contributed by atoms with Gasteiger partial charge in [0.05, 0.1) is 0 Å². The van der Waals surface area contributed by atoms with Crippen molar-refractivity contribution >= 4 is 34.9 Å². The molecule has 1 unspecified atom stereocenters. The third-order valence-electron chi connectivity index (χ3n) is 2.77. The Morgan fingerprint density at radius 2 is 2.41 bits per heavy atom. The van der Waals surface area contributed by atoms with E-state index in [0.29, 0.717) is 11.2 Å². The molecule has 2 aromatic heterocycles. The number of hydrogen-bond donors (Lipinski definition) is 2. The van der Waals surface area contributed by atoms with E-state index in [1.165, 1.54) is 5.57 Å². The summed E-state index contributed by atoms with van der Waals surface area (Å²) in [4.78, 5) is 12.1. The topological polar surface area (TPSA) is 89.8 Å². The number of nitrogens with zero attached hydrogens (tertiary/aromatic N) is 4. The number of anilines is 1. The number of fused-ring (bicyclic) bond motifs is 1. The molecule has 0 aromatic carbocycles. The Labute approximate surface area is 102 Å². The molecule has 0 radical (unpaired) electrons. The minimum atomic E-state index is 0.122. The minimum absolute atomic E-state index is 0.122. The van der Waals surface area contributed by atoms with E-state index in [9.17, 15) is 0 Å². The van der Waals surface area contributed by atoms with Crippen molar-refractivity contribution in [1.82, 2.24) is 19.5 Å². The van der Waals surface area contributed by atoms with Crippen LogP contribution in [0.25, 0.3) is 17.4 Å². The zero-order valence-corrected chi connectivity index (χ0v) is 9.59. The third-order valence-corrected chi connectivity index (χ3v) is 3.03. The molecular formula is C10H10ClN5O. The van der Waals surface area contributed by atoms with Crippen LogP contribution in [0.15, 0.2) is 11.9 Å². The fraction of sp³-hybridized carbons (Fsp3) is 0.300. The summed E-state index contributed by atoms with van der Waals surface area (Å²) in [6.07, 6.45) is 4.42. The Morgan fingerprint density at radius 1 is 1.59 bits per heavy atom. The fourth-order valence-corrected chi connectivity index (χ4v) is 1.96. The number of aliphatic hydroxyl groups is 1. The van der Waals surface area contributed by atoms with Crippen LogP contribution in [-0.4, -0.2) is 31.2 Å². The van der Waals surface area contributed by atoms with Crippen LogP contribution in [-0.2, 0) is 0 Å². The summed E-state index contributed by atoms with van der Waals surface area (Å²) in [6.45, 7) is 0.177. The Hall–Kier alpha value is -1.66. The number of aliphatic hydroxyl groups excluding tert-OH is 1. The van der Waals surface area contributed by atoms with Crippen molar-refractivity contribution in [2.75, 3.05) is 12.3 Å². The highest BCUT2D eigenvalue weighted by Crippen LogP contribution is 2.37.